The summed E-state index contributed by atoms with van der Waals surface area (Å²) in [6, 6.07) is 0.213. The van der Waals surface area contributed by atoms with Gasteiger partial charge in [-0.1, -0.05) is 18.2 Å². The van der Waals surface area contributed by atoms with Crippen LogP contribution in [0.15, 0.2) is 5.16 Å². The molecule has 6 atom stereocenters. The summed E-state index contributed by atoms with van der Waals surface area (Å²) in [5, 5.41) is 12.1. The number of aromatic nitrogens is 3. The van der Waals surface area contributed by atoms with Crippen molar-refractivity contribution >= 4 is 27.5 Å². The zero-order valence-electron chi connectivity index (χ0n) is 16.8. The third-order valence-electron chi connectivity index (χ3n) is 6.92. The first kappa shape index (κ1) is 20.2. The lowest BCUT2D eigenvalue weighted by molar-refractivity contribution is -0.121. The summed E-state index contributed by atoms with van der Waals surface area (Å²) >= 11 is 1.39. The molecule has 0 spiro atoms. The largest absolute Gasteiger partial charge is 0.352 e. The zero-order chi connectivity index (χ0) is 20.1. The van der Waals surface area contributed by atoms with Crippen LogP contribution in [0.2, 0.25) is 0 Å². The normalized spacial score (nSPS) is 33.1. The summed E-state index contributed by atoms with van der Waals surface area (Å²) in [4.78, 5) is 12.7. The minimum atomic E-state index is -2.97. The van der Waals surface area contributed by atoms with Gasteiger partial charge in [0.15, 0.2) is 15.0 Å². The molecule has 156 valence electrons. The fourth-order valence-corrected chi connectivity index (χ4v) is 7.92. The fraction of sp³-hybridized carbons (Fsp3) is 0.842. The van der Waals surface area contributed by atoms with Gasteiger partial charge in [-0.15, -0.1) is 10.2 Å². The lowest BCUT2D eigenvalue weighted by Crippen LogP contribution is -2.43. The van der Waals surface area contributed by atoms with Crippen molar-refractivity contribution in [2.24, 2.45) is 24.8 Å². The maximum Gasteiger partial charge on any atom is 0.233 e. The zero-order valence-corrected chi connectivity index (χ0v) is 18.4. The van der Waals surface area contributed by atoms with E-state index in [9.17, 15) is 13.2 Å². The van der Waals surface area contributed by atoms with Gasteiger partial charge in [0.2, 0.25) is 5.91 Å². The molecule has 0 radical (unpaired) electrons. The van der Waals surface area contributed by atoms with Crippen molar-refractivity contribution in [1.29, 1.82) is 0 Å². The van der Waals surface area contributed by atoms with Crippen LogP contribution in [-0.4, -0.2) is 51.9 Å². The Morgan fingerprint density at radius 3 is 2.61 bits per heavy atom. The maximum absolute atomic E-state index is 12.7. The van der Waals surface area contributed by atoms with Crippen molar-refractivity contribution in [2.75, 3.05) is 11.5 Å². The standard InChI is InChI=1S/C19H30N4O3S2/c1-11(16-9-13-4-5-14(16)8-13)20-18(24)12(2)27-19-22-21-17(23(19)3)15-6-7-28(25,26)10-15/h11-16H,4-10H2,1-3H3,(H,20,24). The molecule has 1 aliphatic heterocycles. The van der Waals surface area contributed by atoms with Crippen LogP contribution in [0.5, 0.6) is 0 Å². The number of hydrogen-bond donors (Lipinski definition) is 1. The summed E-state index contributed by atoms with van der Waals surface area (Å²) in [5.41, 5.74) is 0. The minimum Gasteiger partial charge on any atom is -0.352 e. The number of nitrogens with one attached hydrogen (secondary N) is 1. The molecule has 1 amide bonds. The van der Waals surface area contributed by atoms with Crippen LogP contribution in [0, 0.1) is 17.8 Å². The predicted octanol–water partition coefficient (Wildman–Crippen LogP) is 2.14. The Labute approximate surface area is 171 Å². The van der Waals surface area contributed by atoms with Gasteiger partial charge in [0.1, 0.15) is 5.82 Å². The Morgan fingerprint density at radius 2 is 2.00 bits per heavy atom. The molecule has 2 saturated carbocycles. The highest BCUT2D eigenvalue weighted by molar-refractivity contribution is 8.00. The van der Waals surface area contributed by atoms with Gasteiger partial charge in [0.05, 0.1) is 16.8 Å². The first-order valence-corrected chi connectivity index (χ1v) is 13.0. The van der Waals surface area contributed by atoms with Crippen molar-refractivity contribution in [3.63, 3.8) is 0 Å². The molecule has 1 N–H and O–H groups in total. The van der Waals surface area contributed by atoms with Gasteiger partial charge >= 0.3 is 0 Å². The van der Waals surface area contributed by atoms with Crippen LogP contribution in [0.1, 0.15) is 57.7 Å². The number of amides is 1. The molecule has 1 aromatic heterocycles. The molecule has 0 aromatic carbocycles. The highest BCUT2D eigenvalue weighted by Crippen LogP contribution is 2.49. The molecular weight excluding hydrogens is 396 g/mol. The number of thioether (sulfide) groups is 1. The summed E-state index contributed by atoms with van der Waals surface area (Å²) in [5.74, 6) is 3.27. The van der Waals surface area contributed by atoms with Gasteiger partial charge in [-0.25, -0.2) is 8.42 Å². The second-order valence-electron chi connectivity index (χ2n) is 8.90. The topological polar surface area (TPSA) is 93.9 Å². The number of nitrogens with zero attached hydrogens (tertiary/aromatic N) is 3. The molecule has 4 rings (SSSR count). The Morgan fingerprint density at radius 1 is 1.21 bits per heavy atom. The SMILES string of the molecule is CC(Sc1nnc(C2CCS(=O)(=O)C2)n1C)C(=O)NC(C)C1CC2CCC1C2. The molecule has 2 aliphatic carbocycles. The van der Waals surface area contributed by atoms with E-state index in [4.69, 9.17) is 0 Å². The molecule has 28 heavy (non-hydrogen) atoms. The highest BCUT2D eigenvalue weighted by atomic mass is 32.2. The van der Waals surface area contributed by atoms with Gasteiger partial charge in [0.25, 0.3) is 0 Å². The van der Waals surface area contributed by atoms with Crippen molar-refractivity contribution < 1.29 is 13.2 Å². The third-order valence-corrected chi connectivity index (χ3v) is 9.82. The van der Waals surface area contributed by atoms with E-state index >= 15 is 0 Å². The summed E-state index contributed by atoms with van der Waals surface area (Å²) in [6.07, 6.45) is 5.87. The quantitative estimate of drug-likeness (QED) is 0.701. The molecule has 3 fully saturated rings. The Hall–Kier alpha value is -1.09. The fourth-order valence-electron chi connectivity index (χ4n) is 5.35. The summed E-state index contributed by atoms with van der Waals surface area (Å²) in [6.45, 7) is 4.03. The average molecular weight is 427 g/mol. The second kappa shape index (κ2) is 7.63. The van der Waals surface area contributed by atoms with Crippen LogP contribution in [0.25, 0.3) is 0 Å². The van der Waals surface area contributed by atoms with E-state index < -0.39 is 9.84 Å². The molecule has 3 aliphatic rings. The maximum atomic E-state index is 12.7. The van der Waals surface area contributed by atoms with Crippen LogP contribution in [0.4, 0.5) is 0 Å². The van der Waals surface area contributed by atoms with Crippen LogP contribution in [-0.2, 0) is 21.7 Å². The Bertz CT molecular complexity index is 853. The lowest BCUT2D eigenvalue weighted by atomic mass is 9.84. The van der Waals surface area contributed by atoms with Crippen molar-refractivity contribution in [3.8, 4) is 0 Å². The summed E-state index contributed by atoms with van der Waals surface area (Å²) in [7, 11) is -1.11. The van der Waals surface area contributed by atoms with Crippen molar-refractivity contribution in [2.45, 2.75) is 68.3 Å². The average Bonchev–Trinajstić information content (AvgIpc) is 3.40. The lowest BCUT2D eigenvalue weighted by Gasteiger charge is -2.29. The molecule has 1 aromatic rings. The first-order valence-electron chi connectivity index (χ1n) is 10.3. The molecule has 9 heteroatoms. The van der Waals surface area contributed by atoms with E-state index in [0.29, 0.717) is 23.3 Å². The van der Waals surface area contributed by atoms with Gasteiger partial charge < -0.3 is 9.88 Å². The molecular formula is C19H30N4O3S2. The van der Waals surface area contributed by atoms with E-state index in [1.807, 2.05) is 18.5 Å². The number of carbonyl (C=O) groups is 1. The monoisotopic (exact) mass is 426 g/mol. The molecule has 7 nitrogen and oxygen atoms in total. The molecule has 1 saturated heterocycles. The Balaban J connectivity index is 1.34. The van der Waals surface area contributed by atoms with E-state index in [1.165, 1.54) is 37.4 Å². The number of fused-ring (bicyclic) bond motifs is 2. The molecule has 6 unspecified atom stereocenters. The summed E-state index contributed by atoms with van der Waals surface area (Å²) < 4.78 is 25.3. The number of rotatable bonds is 6. The minimum absolute atomic E-state index is 0.0354. The van der Waals surface area contributed by atoms with E-state index in [1.54, 1.807) is 0 Å². The molecule has 2 bridgehead atoms. The van der Waals surface area contributed by atoms with Gasteiger partial charge in [-0.2, -0.15) is 0 Å². The van der Waals surface area contributed by atoms with E-state index in [0.717, 1.165) is 11.8 Å². The van der Waals surface area contributed by atoms with Crippen molar-refractivity contribution in [3.05, 3.63) is 5.82 Å². The van der Waals surface area contributed by atoms with Gasteiger partial charge in [-0.05, 0) is 57.3 Å². The number of sulfone groups is 1. The van der Waals surface area contributed by atoms with Crippen LogP contribution >= 0.6 is 11.8 Å². The number of hydrogen-bond acceptors (Lipinski definition) is 6. The van der Waals surface area contributed by atoms with E-state index in [2.05, 4.69) is 22.4 Å². The third kappa shape index (κ3) is 3.97. The van der Waals surface area contributed by atoms with Crippen LogP contribution < -0.4 is 5.32 Å². The highest BCUT2D eigenvalue weighted by Gasteiger charge is 2.42. The van der Waals surface area contributed by atoms with Gasteiger partial charge in [0, 0.05) is 19.0 Å². The Kier molecular flexibility index (Phi) is 5.50. The number of carbonyl (C=O) groups excluding carboxylic acids is 1. The van der Waals surface area contributed by atoms with Crippen molar-refractivity contribution in [1.82, 2.24) is 20.1 Å². The molecule has 2 heterocycles. The van der Waals surface area contributed by atoms with Gasteiger partial charge in [-0.3, -0.25) is 4.79 Å². The predicted molar refractivity (Wildman–Crippen MR) is 109 cm³/mol. The van der Waals surface area contributed by atoms with E-state index in [-0.39, 0.29) is 34.6 Å². The second-order valence-corrected chi connectivity index (χ2v) is 12.4. The van der Waals surface area contributed by atoms with Crippen LogP contribution in [0.3, 0.4) is 0 Å². The first-order chi connectivity index (χ1) is 13.2. The smallest absolute Gasteiger partial charge is 0.233 e.